The maximum Gasteiger partial charge on any atom is 0.267 e. The van der Waals surface area contributed by atoms with Crippen LogP contribution in [0.15, 0.2) is 30.3 Å². The number of aromatic amines is 1. The summed E-state index contributed by atoms with van der Waals surface area (Å²) < 4.78 is 0. The maximum atomic E-state index is 12.1. The summed E-state index contributed by atoms with van der Waals surface area (Å²) in [5, 5.41) is 7.40. The Morgan fingerprint density at radius 2 is 2.05 bits per heavy atom. The number of piperazine rings is 1. The summed E-state index contributed by atoms with van der Waals surface area (Å²) in [6.07, 6.45) is 0.992. The molecule has 0 aliphatic carbocycles. The Morgan fingerprint density at radius 3 is 2.86 bits per heavy atom. The third kappa shape index (κ3) is 3.62. The lowest BCUT2D eigenvalue weighted by atomic mass is 10.2. The first kappa shape index (κ1) is 14.1. The van der Waals surface area contributed by atoms with Crippen LogP contribution in [0.4, 0.5) is 0 Å². The van der Waals surface area contributed by atoms with Crippen molar-refractivity contribution in [3.8, 4) is 0 Å². The number of amides is 1. The van der Waals surface area contributed by atoms with Gasteiger partial charge in [-0.2, -0.15) is 0 Å². The Balaban J connectivity index is 1.45. The van der Waals surface area contributed by atoms with Crippen LogP contribution in [0.3, 0.4) is 0 Å². The molecule has 0 saturated carbocycles. The van der Waals surface area contributed by atoms with Crippen molar-refractivity contribution in [2.75, 3.05) is 39.3 Å². The van der Waals surface area contributed by atoms with Crippen molar-refractivity contribution in [1.29, 1.82) is 0 Å². The van der Waals surface area contributed by atoms with E-state index in [0.29, 0.717) is 5.69 Å². The van der Waals surface area contributed by atoms with Crippen LogP contribution in [-0.2, 0) is 0 Å². The second kappa shape index (κ2) is 6.74. The van der Waals surface area contributed by atoms with Gasteiger partial charge in [0.25, 0.3) is 5.91 Å². The Hall–Kier alpha value is -1.85. The summed E-state index contributed by atoms with van der Waals surface area (Å²) >= 11 is 0. The van der Waals surface area contributed by atoms with Gasteiger partial charge in [0, 0.05) is 43.6 Å². The third-order valence-electron chi connectivity index (χ3n) is 3.92. The summed E-state index contributed by atoms with van der Waals surface area (Å²) in [7, 11) is 0. The van der Waals surface area contributed by atoms with E-state index < -0.39 is 0 Å². The van der Waals surface area contributed by atoms with Gasteiger partial charge in [-0.15, -0.1) is 0 Å². The molecule has 21 heavy (non-hydrogen) atoms. The number of hydrogen-bond acceptors (Lipinski definition) is 3. The molecule has 3 rings (SSSR count). The number of hydrogen-bond donors (Lipinski definition) is 3. The van der Waals surface area contributed by atoms with Crippen LogP contribution < -0.4 is 10.6 Å². The number of rotatable bonds is 5. The standard InChI is InChI=1S/C16H22N4O/c21-16(15-12-13-4-1-2-5-14(13)19-15)18-6-3-9-20-10-7-17-8-11-20/h1-2,4-5,12,17,19H,3,6-11H2,(H,18,21). The van der Waals surface area contributed by atoms with Gasteiger partial charge in [-0.1, -0.05) is 18.2 Å². The van der Waals surface area contributed by atoms with Crippen LogP contribution in [0.2, 0.25) is 0 Å². The average Bonchev–Trinajstić information content (AvgIpc) is 2.96. The maximum absolute atomic E-state index is 12.1. The molecule has 0 unspecified atom stereocenters. The quantitative estimate of drug-likeness (QED) is 0.724. The molecule has 2 aromatic rings. The molecule has 5 nitrogen and oxygen atoms in total. The molecule has 3 N–H and O–H groups in total. The van der Waals surface area contributed by atoms with Gasteiger partial charge in [-0.25, -0.2) is 0 Å². The van der Waals surface area contributed by atoms with Crippen LogP contribution in [0.5, 0.6) is 0 Å². The molecular weight excluding hydrogens is 264 g/mol. The minimum Gasteiger partial charge on any atom is -0.351 e. The molecule has 1 aliphatic heterocycles. The summed E-state index contributed by atoms with van der Waals surface area (Å²) in [4.78, 5) is 17.7. The Bertz CT molecular complexity index is 568. The zero-order chi connectivity index (χ0) is 14.5. The normalized spacial score (nSPS) is 16.2. The molecule has 1 aliphatic rings. The molecule has 112 valence electrons. The zero-order valence-corrected chi connectivity index (χ0v) is 12.2. The lowest BCUT2D eigenvalue weighted by Gasteiger charge is -2.27. The van der Waals surface area contributed by atoms with Crippen LogP contribution in [-0.4, -0.2) is 55.1 Å². The predicted molar refractivity (Wildman–Crippen MR) is 84.6 cm³/mol. The van der Waals surface area contributed by atoms with Crippen molar-refractivity contribution >= 4 is 16.8 Å². The van der Waals surface area contributed by atoms with Gasteiger partial charge < -0.3 is 20.5 Å². The highest BCUT2D eigenvalue weighted by atomic mass is 16.1. The predicted octanol–water partition coefficient (Wildman–Crippen LogP) is 1.19. The Morgan fingerprint density at radius 1 is 1.24 bits per heavy atom. The van der Waals surface area contributed by atoms with Gasteiger partial charge in [-0.05, 0) is 25.1 Å². The SMILES string of the molecule is O=C(NCCCN1CCNCC1)c1cc2ccccc2[nH]1. The molecule has 0 spiro atoms. The van der Waals surface area contributed by atoms with E-state index in [9.17, 15) is 4.79 Å². The first-order chi connectivity index (χ1) is 10.3. The van der Waals surface area contributed by atoms with E-state index >= 15 is 0 Å². The largest absolute Gasteiger partial charge is 0.351 e. The number of nitrogens with zero attached hydrogens (tertiary/aromatic N) is 1. The molecule has 1 saturated heterocycles. The molecule has 0 atom stereocenters. The van der Waals surface area contributed by atoms with E-state index in [1.165, 1.54) is 0 Å². The number of para-hydroxylation sites is 1. The van der Waals surface area contributed by atoms with Crippen LogP contribution in [0, 0.1) is 0 Å². The molecular formula is C16H22N4O. The van der Waals surface area contributed by atoms with Crippen LogP contribution in [0.25, 0.3) is 10.9 Å². The molecule has 0 radical (unpaired) electrons. The number of nitrogens with one attached hydrogen (secondary N) is 3. The van der Waals surface area contributed by atoms with Crippen molar-refractivity contribution in [2.45, 2.75) is 6.42 Å². The lowest BCUT2D eigenvalue weighted by molar-refractivity contribution is 0.0947. The second-order valence-corrected chi connectivity index (χ2v) is 5.47. The van der Waals surface area contributed by atoms with Crippen molar-refractivity contribution in [1.82, 2.24) is 20.5 Å². The van der Waals surface area contributed by atoms with E-state index in [1.807, 2.05) is 30.3 Å². The fourth-order valence-corrected chi connectivity index (χ4v) is 2.73. The number of fused-ring (bicyclic) bond motifs is 1. The minimum absolute atomic E-state index is 0.0217. The topological polar surface area (TPSA) is 60.2 Å². The molecule has 2 heterocycles. The van der Waals surface area contributed by atoms with Gasteiger partial charge in [-0.3, -0.25) is 4.79 Å². The first-order valence-electron chi connectivity index (χ1n) is 7.62. The fraction of sp³-hybridized carbons (Fsp3) is 0.438. The zero-order valence-electron chi connectivity index (χ0n) is 12.2. The van der Waals surface area contributed by atoms with Crippen molar-refractivity contribution < 1.29 is 4.79 Å². The minimum atomic E-state index is -0.0217. The third-order valence-corrected chi connectivity index (χ3v) is 3.92. The number of carbonyl (C=O) groups excluding carboxylic acids is 1. The fourth-order valence-electron chi connectivity index (χ4n) is 2.73. The van der Waals surface area contributed by atoms with Gasteiger partial charge >= 0.3 is 0 Å². The average molecular weight is 286 g/mol. The number of H-pyrrole nitrogens is 1. The smallest absolute Gasteiger partial charge is 0.267 e. The van der Waals surface area contributed by atoms with Crippen molar-refractivity contribution in [3.63, 3.8) is 0 Å². The van der Waals surface area contributed by atoms with E-state index in [4.69, 9.17) is 0 Å². The van der Waals surface area contributed by atoms with Gasteiger partial charge in [0.05, 0.1) is 0 Å². The number of carbonyl (C=O) groups is 1. The van der Waals surface area contributed by atoms with E-state index in [1.54, 1.807) is 0 Å². The molecule has 1 amide bonds. The van der Waals surface area contributed by atoms with E-state index in [-0.39, 0.29) is 5.91 Å². The van der Waals surface area contributed by atoms with Crippen LogP contribution in [0.1, 0.15) is 16.9 Å². The summed E-state index contributed by atoms with van der Waals surface area (Å²) in [5.41, 5.74) is 1.64. The Labute approximate surface area is 124 Å². The van der Waals surface area contributed by atoms with Crippen molar-refractivity contribution in [3.05, 3.63) is 36.0 Å². The monoisotopic (exact) mass is 286 g/mol. The van der Waals surface area contributed by atoms with Gasteiger partial charge in [0.2, 0.25) is 0 Å². The van der Waals surface area contributed by atoms with Crippen molar-refractivity contribution in [2.24, 2.45) is 0 Å². The van der Waals surface area contributed by atoms with Crippen LogP contribution >= 0.6 is 0 Å². The lowest BCUT2D eigenvalue weighted by Crippen LogP contribution is -2.44. The van der Waals surface area contributed by atoms with Gasteiger partial charge in [0.15, 0.2) is 0 Å². The molecule has 1 aromatic heterocycles. The van der Waals surface area contributed by atoms with E-state index in [2.05, 4.69) is 20.5 Å². The highest BCUT2D eigenvalue weighted by molar-refractivity contribution is 5.97. The van der Waals surface area contributed by atoms with Gasteiger partial charge in [0.1, 0.15) is 5.69 Å². The molecule has 5 heteroatoms. The molecule has 1 fully saturated rings. The Kier molecular flexibility index (Phi) is 4.52. The van der Waals surface area contributed by atoms with E-state index in [0.717, 1.165) is 56.6 Å². The molecule has 0 bridgehead atoms. The first-order valence-corrected chi connectivity index (χ1v) is 7.62. The highest BCUT2D eigenvalue weighted by Crippen LogP contribution is 2.14. The highest BCUT2D eigenvalue weighted by Gasteiger charge is 2.10. The summed E-state index contributed by atoms with van der Waals surface area (Å²) in [6, 6.07) is 9.84. The number of aromatic nitrogens is 1. The number of benzene rings is 1. The molecule has 1 aromatic carbocycles. The second-order valence-electron chi connectivity index (χ2n) is 5.47. The summed E-state index contributed by atoms with van der Waals surface area (Å²) in [6.45, 7) is 6.13. The summed E-state index contributed by atoms with van der Waals surface area (Å²) in [5.74, 6) is -0.0217.